The third kappa shape index (κ3) is 5.03. The Bertz CT molecular complexity index is 1190. The van der Waals surface area contributed by atoms with Crippen molar-refractivity contribution in [3.05, 3.63) is 41.1 Å². The van der Waals surface area contributed by atoms with Gasteiger partial charge in [-0.15, -0.1) is 0 Å². The van der Waals surface area contributed by atoms with E-state index in [0.717, 1.165) is 18.4 Å². The molecule has 4 rings (SSSR count). The van der Waals surface area contributed by atoms with Gasteiger partial charge in [0, 0.05) is 24.0 Å². The molecule has 0 saturated heterocycles. The van der Waals surface area contributed by atoms with Crippen LogP contribution in [0.15, 0.2) is 24.4 Å². The van der Waals surface area contributed by atoms with Gasteiger partial charge >= 0.3 is 5.97 Å². The first-order valence-electron chi connectivity index (χ1n) is 11.2. The number of ether oxygens (including phenoxy) is 1. The molecule has 1 unspecified atom stereocenters. The molecule has 0 spiro atoms. The molecule has 1 fully saturated rings. The second-order valence-corrected chi connectivity index (χ2v) is 9.75. The van der Waals surface area contributed by atoms with Crippen LogP contribution in [0, 0.1) is 17.2 Å². The zero-order valence-corrected chi connectivity index (χ0v) is 19.5. The minimum absolute atomic E-state index is 0.0993. The number of nitriles is 1. The van der Waals surface area contributed by atoms with Crippen LogP contribution in [0.1, 0.15) is 72.4 Å². The second-order valence-electron chi connectivity index (χ2n) is 9.75. The highest BCUT2D eigenvalue weighted by Gasteiger charge is 2.34. The smallest absolute Gasteiger partial charge is 0.326 e. The van der Waals surface area contributed by atoms with E-state index < -0.39 is 17.5 Å². The van der Waals surface area contributed by atoms with E-state index in [1.807, 2.05) is 0 Å². The van der Waals surface area contributed by atoms with Crippen LogP contribution >= 0.6 is 0 Å². The third-order valence-corrected chi connectivity index (χ3v) is 5.79. The van der Waals surface area contributed by atoms with Gasteiger partial charge in [0.25, 0.3) is 11.8 Å². The van der Waals surface area contributed by atoms with Gasteiger partial charge in [-0.2, -0.15) is 10.4 Å². The van der Waals surface area contributed by atoms with Crippen LogP contribution in [0.5, 0.6) is 0 Å². The number of nitrogens with two attached hydrogens (primary N) is 1. The fourth-order valence-electron chi connectivity index (χ4n) is 4.14. The number of benzene rings is 1. The number of primary amides is 1. The summed E-state index contributed by atoms with van der Waals surface area (Å²) in [7, 11) is 0. The molecule has 10 heteroatoms. The number of aromatic nitrogens is 2. The minimum atomic E-state index is -0.628. The number of carbonyl (C=O) groups is 3. The SMILES string of the molecule is CC(C)(C)OC(=O)CN1Cc2cc(Nc3nn(C(CC#N)C4CC4)cc3C(N)=O)ccc2C1=O. The minimum Gasteiger partial charge on any atom is -0.459 e. The molecule has 1 aliphatic heterocycles. The number of amides is 2. The van der Waals surface area contributed by atoms with Crippen molar-refractivity contribution in [1.29, 1.82) is 5.26 Å². The molecule has 34 heavy (non-hydrogen) atoms. The monoisotopic (exact) mass is 464 g/mol. The molecule has 2 amide bonds. The number of nitrogens with one attached hydrogen (secondary N) is 1. The zero-order valence-electron chi connectivity index (χ0n) is 19.5. The van der Waals surface area contributed by atoms with Gasteiger partial charge in [-0.3, -0.25) is 19.1 Å². The molecule has 1 aromatic carbocycles. The van der Waals surface area contributed by atoms with Gasteiger partial charge in [-0.25, -0.2) is 0 Å². The van der Waals surface area contributed by atoms with Crippen LogP contribution in [0.3, 0.4) is 0 Å². The molecule has 1 saturated carbocycles. The highest BCUT2D eigenvalue weighted by Crippen LogP contribution is 2.41. The van der Waals surface area contributed by atoms with Crippen molar-refractivity contribution >= 4 is 29.3 Å². The fraction of sp³-hybridized carbons (Fsp3) is 0.458. The number of anilines is 2. The summed E-state index contributed by atoms with van der Waals surface area (Å²) >= 11 is 0. The van der Waals surface area contributed by atoms with Crippen LogP contribution in [-0.2, 0) is 16.1 Å². The standard InChI is InChI=1S/C24H28N6O4/c1-24(2,3)34-20(31)13-29-11-15-10-16(6-7-17(15)23(29)33)27-22-18(21(26)32)12-30(28-22)19(8-9-25)14-4-5-14/h6-7,10,12,14,19H,4-5,8,11,13H2,1-3H3,(H2,26,32)(H,27,28). The van der Waals surface area contributed by atoms with Crippen molar-refractivity contribution in [2.75, 3.05) is 11.9 Å². The summed E-state index contributed by atoms with van der Waals surface area (Å²) in [6.45, 7) is 5.46. The highest BCUT2D eigenvalue weighted by atomic mass is 16.6. The van der Waals surface area contributed by atoms with Gasteiger partial charge in [-0.05, 0) is 63.3 Å². The quantitative estimate of drug-likeness (QED) is 0.572. The summed E-state index contributed by atoms with van der Waals surface area (Å²) in [6.07, 6.45) is 3.95. The van der Waals surface area contributed by atoms with Gasteiger partial charge < -0.3 is 20.7 Å². The van der Waals surface area contributed by atoms with Crippen LogP contribution < -0.4 is 11.1 Å². The van der Waals surface area contributed by atoms with Crippen LogP contribution in [0.4, 0.5) is 11.5 Å². The Kier molecular flexibility index (Phi) is 6.04. The van der Waals surface area contributed by atoms with Gasteiger partial charge in [0.15, 0.2) is 5.82 Å². The molecule has 1 aromatic heterocycles. The largest absolute Gasteiger partial charge is 0.459 e. The lowest BCUT2D eigenvalue weighted by atomic mass is 10.1. The summed E-state index contributed by atoms with van der Waals surface area (Å²) in [5.74, 6) is -0.661. The Morgan fingerprint density at radius 1 is 1.35 bits per heavy atom. The van der Waals surface area contributed by atoms with Gasteiger partial charge in [-0.1, -0.05) is 0 Å². The van der Waals surface area contributed by atoms with Crippen LogP contribution in [0.25, 0.3) is 0 Å². The fourth-order valence-corrected chi connectivity index (χ4v) is 4.14. The predicted molar refractivity (Wildman–Crippen MR) is 123 cm³/mol. The molecule has 3 N–H and O–H groups in total. The molecule has 178 valence electrons. The number of carbonyl (C=O) groups excluding carboxylic acids is 3. The van der Waals surface area contributed by atoms with E-state index in [2.05, 4.69) is 16.5 Å². The van der Waals surface area contributed by atoms with E-state index in [-0.39, 0.29) is 30.6 Å². The first-order valence-corrected chi connectivity index (χ1v) is 11.2. The second kappa shape index (κ2) is 8.82. The third-order valence-electron chi connectivity index (χ3n) is 5.79. The summed E-state index contributed by atoms with van der Waals surface area (Å²) in [5.41, 5.74) is 7.06. The summed E-state index contributed by atoms with van der Waals surface area (Å²) in [5, 5.41) is 16.8. The lowest BCUT2D eigenvalue weighted by molar-refractivity contribution is -0.155. The maximum absolute atomic E-state index is 12.7. The topological polar surface area (TPSA) is 143 Å². The lowest BCUT2D eigenvalue weighted by Gasteiger charge is -2.22. The number of fused-ring (bicyclic) bond motifs is 1. The van der Waals surface area contributed by atoms with E-state index in [0.29, 0.717) is 29.4 Å². The maximum Gasteiger partial charge on any atom is 0.326 e. The molecule has 10 nitrogen and oxygen atoms in total. The number of esters is 1. The Labute approximate surface area is 197 Å². The highest BCUT2D eigenvalue weighted by molar-refractivity contribution is 6.01. The number of hydrogen-bond donors (Lipinski definition) is 2. The summed E-state index contributed by atoms with van der Waals surface area (Å²) in [4.78, 5) is 38.4. The van der Waals surface area contributed by atoms with E-state index >= 15 is 0 Å². The van der Waals surface area contributed by atoms with Crippen LogP contribution in [0.2, 0.25) is 0 Å². The van der Waals surface area contributed by atoms with E-state index in [9.17, 15) is 19.6 Å². The number of rotatable bonds is 8. The van der Waals surface area contributed by atoms with E-state index in [1.165, 1.54) is 4.90 Å². The van der Waals surface area contributed by atoms with E-state index in [4.69, 9.17) is 10.5 Å². The maximum atomic E-state index is 12.7. The first kappa shape index (κ1) is 23.3. The Balaban J connectivity index is 1.52. The van der Waals surface area contributed by atoms with Gasteiger partial charge in [0.2, 0.25) is 0 Å². The zero-order chi connectivity index (χ0) is 24.6. The molecule has 2 heterocycles. The molecule has 1 aliphatic carbocycles. The van der Waals surface area contributed by atoms with Crippen molar-refractivity contribution in [2.24, 2.45) is 11.7 Å². The average Bonchev–Trinajstić information content (AvgIpc) is 3.42. The molecule has 0 radical (unpaired) electrons. The van der Waals surface area contributed by atoms with Gasteiger partial charge in [0.1, 0.15) is 17.7 Å². The van der Waals surface area contributed by atoms with E-state index in [1.54, 1.807) is 49.8 Å². The molecule has 2 aromatic rings. The average molecular weight is 465 g/mol. The summed E-state index contributed by atoms with van der Waals surface area (Å²) < 4.78 is 6.98. The van der Waals surface area contributed by atoms with Crippen molar-refractivity contribution in [1.82, 2.24) is 14.7 Å². The number of nitrogens with zero attached hydrogens (tertiary/aromatic N) is 4. The van der Waals surface area contributed by atoms with Crippen molar-refractivity contribution < 1.29 is 19.1 Å². The van der Waals surface area contributed by atoms with Crippen molar-refractivity contribution in [2.45, 2.75) is 58.2 Å². The van der Waals surface area contributed by atoms with Crippen molar-refractivity contribution in [3.63, 3.8) is 0 Å². The Morgan fingerprint density at radius 3 is 2.71 bits per heavy atom. The molecule has 0 bridgehead atoms. The number of hydrogen-bond acceptors (Lipinski definition) is 7. The predicted octanol–water partition coefficient (Wildman–Crippen LogP) is 2.89. The molecular weight excluding hydrogens is 436 g/mol. The lowest BCUT2D eigenvalue weighted by Crippen LogP contribution is -2.35. The molecular formula is C24H28N6O4. The van der Waals surface area contributed by atoms with Crippen molar-refractivity contribution in [3.8, 4) is 6.07 Å². The molecule has 2 aliphatic rings. The molecule has 1 atom stereocenters. The van der Waals surface area contributed by atoms with Crippen LogP contribution in [-0.4, -0.2) is 44.6 Å². The Morgan fingerprint density at radius 2 is 2.09 bits per heavy atom. The first-order chi connectivity index (χ1) is 16.1. The Hall–Kier alpha value is -3.87. The normalized spacial score (nSPS) is 16.1. The summed E-state index contributed by atoms with van der Waals surface area (Å²) in [6, 6.07) is 7.28. The van der Waals surface area contributed by atoms with Gasteiger partial charge in [0.05, 0.1) is 18.5 Å².